The maximum absolute atomic E-state index is 9.60. The number of primary amides is 1. The minimum atomic E-state index is -0.711. The van der Waals surface area contributed by atoms with Gasteiger partial charge >= 0.3 is 6.09 Å². The summed E-state index contributed by atoms with van der Waals surface area (Å²) in [5.41, 5.74) is 4.54. The van der Waals surface area contributed by atoms with Crippen LogP contribution in [-0.2, 0) is 14.3 Å². The second kappa shape index (κ2) is 15.8. The van der Waals surface area contributed by atoms with Crippen molar-refractivity contribution in [3.8, 4) is 0 Å². The van der Waals surface area contributed by atoms with Crippen LogP contribution in [0.1, 0.15) is 6.92 Å². The van der Waals surface area contributed by atoms with Crippen LogP contribution in [0.4, 0.5) is 4.79 Å². The predicted octanol–water partition coefficient (Wildman–Crippen LogP) is 2.74. The molecule has 0 bridgehead atoms. The van der Waals surface area contributed by atoms with Crippen molar-refractivity contribution in [2.75, 3.05) is 6.61 Å². The molecule has 0 aliphatic rings. The molecular formula is C15H17N3O4. The molecule has 4 N–H and O–H groups in total. The van der Waals surface area contributed by atoms with Gasteiger partial charge in [-0.2, -0.15) is 0 Å². The van der Waals surface area contributed by atoms with E-state index in [1.807, 2.05) is 0 Å². The highest BCUT2D eigenvalue weighted by Crippen LogP contribution is 2.11. The van der Waals surface area contributed by atoms with E-state index < -0.39 is 6.09 Å². The van der Waals surface area contributed by atoms with Gasteiger partial charge in [0.05, 0.1) is 6.61 Å². The normalized spacial score (nSPS) is 7.32. The molecule has 2 rings (SSSR count). The van der Waals surface area contributed by atoms with Gasteiger partial charge in [-0.3, -0.25) is 0 Å². The van der Waals surface area contributed by atoms with Gasteiger partial charge in [0.1, 0.15) is 0 Å². The molecule has 0 unspecified atom stereocenters. The molecule has 0 spiro atoms. The fraction of sp³-hybridized carbons (Fsp3) is 0.133. The number of benzene rings is 2. The van der Waals surface area contributed by atoms with Gasteiger partial charge in [-0.05, 0) is 17.7 Å². The van der Waals surface area contributed by atoms with Crippen LogP contribution in [0.5, 0.6) is 0 Å². The van der Waals surface area contributed by atoms with Crippen LogP contribution in [0.2, 0.25) is 0 Å². The molecule has 0 radical (unpaired) electrons. The Morgan fingerprint density at radius 2 is 1.27 bits per heavy atom. The van der Waals surface area contributed by atoms with Crippen molar-refractivity contribution in [3.05, 3.63) is 48.5 Å². The highest BCUT2D eigenvalue weighted by molar-refractivity contribution is 5.82. The van der Waals surface area contributed by atoms with Gasteiger partial charge in [0.15, 0.2) is 0 Å². The molecule has 22 heavy (non-hydrogen) atoms. The summed E-state index contributed by atoms with van der Waals surface area (Å²) in [4.78, 5) is 26.3. The molecule has 0 aromatic heterocycles. The van der Waals surface area contributed by atoms with Crippen molar-refractivity contribution in [2.24, 2.45) is 5.73 Å². The Hall–Kier alpha value is -3.27. The van der Waals surface area contributed by atoms with E-state index in [9.17, 15) is 4.79 Å². The predicted molar refractivity (Wildman–Crippen MR) is 82.0 cm³/mol. The van der Waals surface area contributed by atoms with Gasteiger partial charge in [0, 0.05) is 0 Å². The van der Waals surface area contributed by atoms with Crippen LogP contribution in [0.15, 0.2) is 48.5 Å². The number of ether oxygens (including phenoxy) is 1. The van der Waals surface area contributed by atoms with E-state index in [1.54, 1.807) is 6.92 Å². The Labute approximate surface area is 127 Å². The molecule has 0 heterocycles. The number of amides is 1. The van der Waals surface area contributed by atoms with Crippen LogP contribution in [0, 0.1) is 10.8 Å². The summed E-state index contributed by atoms with van der Waals surface area (Å²) in [7, 11) is 0. The fourth-order valence-corrected chi connectivity index (χ4v) is 1.28. The van der Waals surface area contributed by atoms with Gasteiger partial charge in [-0.1, -0.05) is 48.5 Å². The summed E-state index contributed by atoms with van der Waals surface area (Å²) in [6, 6.07) is 16.7. The van der Waals surface area contributed by atoms with E-state index in [4.69, 9.17) is 20.4 Å². The maximum atomic E-state index is 9.60. The number of carbonyl (C=O) groups excluding carboxylic acids is 3. The van der Waals surface area contributed by atoms with Crippen molar-refractivity contribution in [1.82, 2.24) is 0 Å². The van der Waals surface area contributed by atoms with Crippen LogP contribution >= 0.6 is 0 Å². The highest BCUT2D eigenvalue weighted by Gasteiger charge is 1.85. The Morgan fingerprint density at radius 3 is 1.41 bits per heavy atom. The Bertz CT molecular complexity index is 539. The summed E-state index contributed by atoms with van der Waals surface area (Å²) in [6.45, 7) is 2.06. The van der Waals surface area contributed by atoms with E-state index in [1.165, 1.54) is 10.8 Å². The second-order valence-electron chi connectivity index (χ2n) is 3.30. The molecule has 0 saturated carbocycles. The molecule has 2 aromatic carbocycles. The van der Waals surface area contributed by atoms with E-state index in [0.717, 1.165) is 12.2 Å². The summed E-state index contributed by atoms with van der Waals surface area (Å²) in [5, 5.41) is 13.4. The molecule has 0 aliphatic carbocycles. The molecule has 0 aliphatic heterocycles. The van der Waals surface area contributed by atoms with E-state index in [2.05, 4.69) is 59.0 Å². The van der Waals surface area contributed by atoms with Crippen LogP contribution < -0.4 is 5.73 Å². The number of isocyanates is 2. The number of hydrogen-bond donors (Lipinski definition) is 3. The molecule has 0 fully saturated rings. The summed E-state index contributed by atoms with van der Waals surface area (Å²) >= 11 is 0. The number of hydrogen-bond acceptors (Lipinski definition) is 6. The Morgan fingerprint density at radius 1 is 1.00 bits per heavy atom. The lowest BCUT2D eigenvalue weighted by molar-refractivity contribution is 0.163. The smallest absolute Gasteiger partial charge is 0.404 e. The average molecular weight is 303 g/mol. The van der Waals surface area contributed by atoms with Gasteiger partial charge < -0.3 is 10.5 Å². The lowest BCUT2D eigenvalue weighted by Gasteiger charge is -1.92. The number of fused-ring (bicyclic) bond motifs is 1. The molecule has 7 nitrogen and oxygen atoms in total. The van der Waals surface area contributed by atoms with E-state index in [0.29, 0.717) is 6.61 Å². The molecule has 0 saturated heterocycles. The zero-order valence-electron chi connectivity index (χ0n) is 12.0. The lowest BCUT2D eigenvalue weighted by Crippen LogP contribution is -2.11. The summed E-state index contributed by atoms with van der Waals surface area (Å²) in [5.74, 6) is 0. The lowest BCUT2D eigenvalue weighted by atomic mass is 10.1. The fourth-order valence-electron chi connectivity index (χ4n) is 1.28. The van der Waals surface area contributed by atoms with Crippen molar-refractivity contribution in [3.63, 3.8) is 0 Å². The third-order valence-electron chi connectivity index (χ3n) is 1.95. The molecule has 1 amide bonds. The highest BCUT2D eigenvalue weighted by atomic mass is 16.5. The third-order valence-corrected chi connectivity index (χ3v) is 1.95. The van der Waals surface area contributed by atoms with Crippen LogP contribution in [0.25, 0.3) is 10.8 Å². The maximum Gasteiger partial charge on any atom is 0.404 e. The minimum Gasteiger partial charge on any atom is -0.450 e. The molecule has 116 valence electrons. The zero-order valence-corrected chi connectivity index (χ0v) is 12.0. The molecular weight excluding hydrogens is 286 g/mol. The van der Waals surface area contributed by atoms with Gasteiger partial charge in [-0.25, -0.2) is 25.2 Å². The standard InChI is InChI=1S/C10H8.C3H7NO2.2CHNO/c1-2-6-10-8-4-3-7-9(10)5-1;1-2-6-3(4)5;2*2-1-3/h1-8H;2H2,1H3,(H2,4,5);2*2H. The summed E-state index contributed by atoms with van der Waals surface area (Å²) < 4.78 is 4.18. The van der Waals surface area contributed by atoms with Gasteiger partial charge in [0.2, 0.25) is 12.2 Å². The molecule has 7 heteroatoms. The van der Waals surface area contributed by atoms with Crippen molar-refractivity contribution >= 4 is 29.0 Å². The Balaban J connectivity index is 0. The topological polar surface area (TPSA) is 134 Å². The first kappa shape index (κ1) is 21.0. The SMILES string of the molecule is CCOC(N)=O.N=C=O.N=C=O.c1ccc2ccccc2c1. The van der Waals surface area contributed by atoms with Gasteiger partial charge in [-0.15, -0.1) is 0 Å². The number of nitrogens with two attached hydrogens (primary N) is 1. The average Bonchev–Trinajstić information content (AvgIpc) is 2.49. The number of carbonyl (C=O) groups is 1. The summed E-state index contributed by atoms with van der Waals surface area (Å²) in [6.07, 6.45) is 0.789. The molecule has 2 aromatic rings. The van der Waals surface area contributed by atoms with Crippen LogP contribution in [-0.4, -0.2) is 24.9 Å². The van der Waals surface area contributed by atoms with Crippen LogP contribution in [0.3, 0.4) is 0 Å². The quantitative estimate of drug-likeness (QED) is 0.551. The number of nitrogens with one attached hydrogen (secondary N) is 2. The zero-order chi connectivity index (χ0) is 17.2. The number of rotatable bonds is 1. The minimum absolute atomic E-state index is 0.356. The first-order valence-electron chi connectivity index (χ1n) is 6.01. The van der Waals surface area contributed by atoms with E-state index >= 15 is 0 Å². The van der Waals surface area contributed by atoms with E-state index in [-0.39, 0.29) is 0 Å². The van der Waals surface area contributed by atoms with Crippen molar-refractivity contribution < 1.29 is 19.1 Å². The second-order valence-corrected chi connectivity index (χ2v) is 3.30. The van der Waals surface area contributed by atoms with Crippen molar-refractivity contribution in [1.29, 1.82) is 10.8 Å². The third kappa shape index (κ3) is 13.2. The largest absolute Gasteiger partial charge is 0.450 e. The van der Waals surface area contributed by atoms with Crippen molar-refractivity contribution in [2.45, 2.75) is 6.92 Å². The van der Waals surface area contributed by atoms with Gasteiger partial charge in [0.25, 0.3) is 0 Å². The first-order chi connectivity index (χ1) is 10.6. The first-order valence-corrected chi connectivity index (χ1v) is 6.01. The Kier molecular flexibility index (Phi) is 15.1. The monoisotopic (exact) mass is 303 g/mol. The molecule has 0 atom stereocenters.